The fraction of sp³-hybridized carbons (Fsp3) is 0.448. The van der Waals surface area contributed by atoms with Gasteiger partial charge in [-0.3, -0.25) is 9.36 Å². The number of anilines is 2. The van der Waals surface area contributed by atoms with Crippen molar-refractivity contribution in [3.05, 3.63) is 58.6 Å². The van der Waals surface area contributed by atoms with Crippen LogP contribution < -0.4 is 10.9 Å². The Bertz CT molecular complexity index is 1770. The van der Waals surface area contributed by atoms with Crippen LogP contribution in [0.15, 0.2) is 47.5 Å². The van der Waals surface area contributed by atoms with E-state index >= 15 is 0 Å². The second-order valence-electron chi connectivity index (χ2n) is 11.1. The topological polar surface area (TPSA) is 126 Å². The SMILES string of the molecule is CS(=O)(=O)CCN1CCC(n2ccc3cc(Nc4ncc5cc(C#N)c(=O)n(C6CCCC6)c5n4)ccc32)CC1. The van der Waals surface area contributed by atoms with Crippen LogP contribution in [0.5, 0.6) is 0 Å². The Kier molecular flexibility index (Phi) is 7.06. The normalized spacial score (nSPS) is 17.5. The highest BCUT2D eigenvalue weighted by atomic mass is 32.2. The first-order valence-electron chi connectivity index (χ1n) is 13.9. The summed E-state index contributed by atoms with van der Waals surface area (Å²) in [5.74, 6) is 0.615. The van der Waals surface area contributed by atoms with Crippen LogP contribution in [-0.4, -0.2) is 64.1 Å². The van der Waals surface area contributed by atoms with E-state index in [0.29, 0.717) is 29.6 Å². The zero-order valence-electron chi connectivity index (χ0n) is 22.6. The van der Waals surface area contributed by atoms with Gasteiger partial charge in [0.25, 0.3) is 5.56 Å². The average molecular weight is 560 g/mol. The monoisotopic (exact) mass is 559 g/mol. The molecule has 1 N–H and O–H groups in total. The minimum absolute atomic E-state index is 0.0497. The van der Waals surface area contributed by atoms with Crippen molar-refractivity contribution in [1.29, 1.82) is 5.26 Å². The van der Waals surface area contributed by atoms with Gasteiger partial charge < -0.3 is 14.8 Å². The van der Waals surface area contributed by atoms with E-state index in [1.807, 2.05) is 12.1 Å². The molecule has 4 aromatic rings. The third kappa shape index (κ3) is 5.33. The molecule has 208 valence electrons. The quantitative estimate of drug-likeness (QED) is 0.358. The molecular weight excluding hydrogens is 526 g/mol. The summed E-state index contributed by atoms with van der Waals surface area (Å²) in [7, 11) is -2.95. The van der Waals surface area contributed by atoms with E-state index in [0.717, 1.165) is 68.2 Å². The predicted octanol–water partition coefficient (Wildman–Crippen LogP) is 4.16. The molecule has 10 nitrogen and oxygen atoms in total. The van der Waals surface area contributed by atoms with Crippen LogP contribution in [-0.2, 0) is 9.84 Å². The predicted molar refractivity (Wildman–Crippen MR) is 156 cm³/mol. The first-order valence-corrected chi connectivity index (χ1v) is 16.0. The molecule has 0 spiro atoms. The summed E-state index contributed by atoms with van der Waals surface area (Å²) >= 11 is 0. The Hall–Kier alpha value is -3.75. The van der Waals surface area contributed by atoms with Crippen molar-refractivity contribution >= 4 is 43.4 Å². The molecule has 1 saturated carbocycles. The minimum Gasteiger partial charge on any atom is -0.344 e. The van der Waals surface area contributed by atoms with E-state index in [1.165, 1.54) is 6.26 Å². The Labute approximate surface area is 233 Å². The third-order valence-electron chi connectivity index (χ3n) is 8.29. The number of piperidine rings is 1. The molecular formula is C29H33N7O3S. The molecule has 4 heterocycles. The molecule has 11 heteroatoms. The highest BCUT2D eigenvalue weighted by Crippen LogP contribution is 2.32. The van der Waals surface area contributed by atoms with Gasteiger partial charge in [-0.25, -0.2) is 13.4 Å². The lowest BCUT2D eigenvalue weighted by atomic mass is 10.0. The van der Waals surface area contributed by atoms with Crippen LogP contribution in [0.1, 0.15) is 56.2 Å². The fourth-order valence-electron chi connectivity index (χ4n) is 6.17. The first kappa shape index (κ1) is 26.5. The fourth-order valence-corrected chi connectivity index (χ4v) is 6.76. The third-order valence-corrected chi connectivity index (χ3v) is 9.21. The van der Waals surface area contributed by atoms with Crippen LogP contribution in [0, 0.1) is 11.3 Å². The van der Waals surface area contributed by atoms with Crippen molar-refractivity contribution in [1.82, 2.24) is 24.0 Å². The van der Waals surface area contributed by atoms with Crippen molar-refractivity contribution in [2.45, 2.75) is 50.6 Å². The second kappa shape index (κ2) is 10.7. The number of hydrogen-bond acceptors (Lipinski definition) is 8. The number of aromatic nitrogens is 4. The van der Waals surface area contributed by atoms with E-state index in [4.69, 9.17) is 4.98 Å². The number of nitrogens with zero attached hydrogens (tertiary/aromatic N) is 6. The molecule has 0 radical (unpaired) electrons. The van der Waals surface area contributed by atoms with Gasteiger partial charge in [0.05, 0.1) is 5.75 Å². The van der Waals surface area contributed by atoms with Gasteiger partial charge in [0.15, 0.2) is 0 Å². The zero-order valence-corrected chi connectivity index (χ0v) is 23.4. The summed E-state index contributed by atoms with van der Waals surface area (Å²) in [5, 5.41) is 14.6. The second-order valence-corrected chi connectivity index (χ2v) is 13.3. The van der Waals surface area contributed by atoms with Gasteiger partial charge in [0.2, 0.25) is 5.95 Å². The summed E-state index contributed by atoms with van der Waals surface area (Å²) in [6.07, 6.45) is 11.0. The van der Waals surface area contributed by atoms with Crippen molar-refractivity contribution < 1.29 is 8.42 Å². The largest absolute Gasteiger partial charge is 0.344 e. The first-order chi connectivity index (χ1) is 19.3. The number of sulfone groups is 1. The van der Waals surface area contributed by atoms with E-state index in [9.17, 15) is 18.5 Å². The van der Waals surface area contributed by atoms with Gasteiger partial charge in [-0.1, -0.05) is 12.8 Å². The van der Waals surface area contributed by atoms with Gasteiger partial charge in [0, 0.05) is 72.3 Å². The number of pyridine rings is 1. The molecule has 0 unspecified atom stereocenters. The minimum atomic E-state index is -2.95. The molecule has 2 aliphatic rings. The van der Waals surface area contributed by atoms with Gasteiger partial charge >= 0.3 is 0 Å². The van der Waals surface area contributed by atoms with E-state index in [-0.39, 0.29) is 22.9 Å². The molecule has 1 saturated heterocycles. The Morgan fingerprint density at radius 1 is 1.05 bits per heavy atom. The molecule has 40 heavy (non-hydrogen) atoms. The molecule has 0 amide bonds. The number of nitrogens with one attached hydrogen (secondary N) is 1. The van der Waals surface area contributed by atoms with Crippen LogP contribution >= 0.6 is 0 Å². The Morgan fingerprint density at radius 3 is 2.55 bits per heavy atom. The lowest BCUT2D eigenvalue weighted by molar-refractivity contribution is 0.197. The average Bonchev–Trinajstić information content (AvgIpc) is 3.62. The van der Waals surface area contributed by atoms with Gasteiger partial charge in [0.1, 0.15) is 27.1 Å². The van der Waals surface area contributed by atoms with Crippen molar-refractivity contribution in [2.75, 3.05) is 37.0 Å². The highest BCUT2D eigenvalue weighted by Gasteiger charge is 2.24. The molecule has 0 atom stereocenters. The van der Waals surface area contributed by atoms with Gasteiger partial charge in [-0.2, -0.15) is 10.2 Å². The maximum atomic E-state index is 13.1. The van der Waals surface area contributed by atoms with Crippen LogP contribution in [0.4, 0.5) is 11.6 Å². The summed E-state index contributed by atoms with van der Waals surface area (Å²) in [6.45, 7) is 2.38. The lowest BCUT2D eigenvalue weighted by Crippen LogP contribution is -2.37. The number of nitriles is 1. The van der Waals surface area contributed by atoms with Crippen molar-refractivity contribution in [3.8, 4) is 6.07 Å². The molecule has 0 bridgehead atoms. The Balaban J connectivity index is 1.21. The molecule has 3 aromatic heterocycles. The number of likely N-dealkylation sites (tertiary alicyclic amines) is 1. The smallest absolute Gasteiger partial charge is 0.270 e. The van der Waals surface area contributed by atoms with Gasteiger partial charge in [-0.15, -0.1) is 0 Å². The lowest BCUT2D eigenvalue weighted by Gasteiger charge is -2.33. The van der Waals surface area contributed by atoms with Crippen molar-refractivity contribution in [3.63, 3.8) is 0 Å². The highest BCUT2D eigenvalue weighted by molar-refractivity contribution is 7.90. The van der Waals surface area contributed by atoms with Crippen LogP contribution in [0.3, 0.4) is 0 Å². The number of fused-ring (bicyclic) bond motifs is 2. The molecule has 6 rings (SSSR count). The van der Waals surface area contributed by atoms with E-state index < -0.39 is 9.84 Å². The van der Waals surface area contributed by atoms with E-state index in [2.05, 4.69) is 44.2 Å². The Morgan fingerprint density at radius 2 is 1.82 bits per heavy atom. The molecule has 1 aromatic carbocycles. The summed E-state index contributed by atoms with van der Waals surface area (Å²) in [6, 6.07) is 12.3. The van der Waals surface area contributed by atoms with Gasteiger partial charge in [-0.05, 0) is 56.0 Å². The standard InChI is InChI=1S/C29H33N7O3S/c1-40(38,39)15-14-34-11-9-24(10-12-34)35-13-8-20-17-23(6-7-26(20)35)32-29-31-19-22-16-21(18-30)28(37)36(27(22)33-29)25-4-2-3-5-25/h6-8,13,16-17,19,24-25H,2-5,9-12,14-15H2,1H3,(H,31,32,33). The number of benzene rings is 1. The van der Waals surface area contributed by atoms with Crippen LogP contribution in [0.25, 0.3) is 21.9 Å². The maximum Gasteiger partial charge on any atom is 0.270 e. The molecule has 2 fully saturated rings. The van der Waals surface area contributed by atoms with Crippen molar-refractivity contribution in [2.24, 2.45) is 0 Å². The molecule has 1 aliphatic carbocycles. The summed E-state index contributed by atoms with van der Waals surface area (Å²) in [5.41, 5.74) is 2.40. The van der Waals surface area contributed by atoms with Crippen LogP contribution in [0.2, 0.25) is 0 Å². The van der Waals surface area contributed by atoms with E-state index in [1.54, 1.807) is 16.8 Å². The zero-order chi connectivity index (χ0) is 27.9. The molecule has 1 aliphatic heterocycles. The summed E-state index contributed by atoms with van der Waals surface area (Å²) < 4.78 is 27.0. The number of hydrogen-bond donors (Lipinski definition) is 1. The summed E-state index contributed by atoms with van der Waals surface area (Å²) in [4.78, 5) is 24.5. The maximum absolute atomic E-state index is 13.1. The number of rotatable bonds is 7.